The molecule has 0 aliphatic rings. The molecule has 5 heteroatoms. The SMILES string of the molecule is CNCc1sc2c(N)cc(Cc3ccco3)nc2c1C. The minimum atomic E-state index is 0.670. The third-order valence-corrected chi connectivity index (χ3v) is 4.66. The summed E-state index contributed by atoms with van der Waals surface area (Å²) in [5, 5.41) is 3.18. The lowest BCUT2D eigenvalue weighted by atomic mass is 10.1. The number of thiophene rings is 1. The van der Waals surface area contributed by atoms with Crippen LogP contribution in [-0.2, 0) is 13.0 Å². The molecule has 3 heterocycles. The van der Waals surface area contributed by atoms with Gasteiger partial charge in [0.15, 0.2) is 0 Å². The van der Waals surface area contributed by atoms with E-state index in [9.17, 15) is 0 Å². The molecule has 4 nitrogen and oxygen atoms in total. The molecule has 3 aromatic rings. The summed E-state index contributed by atoms with van der Waals surface area (Å²) in [7, 11) is 1.95. The van der Waals surface area contributed by atoms with Crippen LogP contribution in [0.4, 0.5) is 5.69 Å². The zero-order chi connectivity index (χ0) is 14.1. The highest BCUT2D eigenvalue weighted by Crippen LogP contribution is 2.34. The van der Waals surface area contributed by atoms with Crippen LogP contribution in [0.2, 0.25) is 0 Å². The Kier molecular flexibility index (Phi) is 3.46. The van der Waals surface area contributed by atoms with Gasteiger partial charge in [-0.05, 0) is 37.7 Å². The number of aryl methyl sites for hydroxylation is 1. The van der Waals surface area contributed by atoms with Crippen molar-refractivity contribution in [2.45, 2.75) is 19.9 Å². The number of hydrogen-bond acceptors (Lipinski definition) is 5. The Morgan fingerprint density at radius 3 is 3.00 bits per heavy atom. The molecule has 0 radical (unpaired) electrons. The third kappa shape index (κ3) is 2.30. The Bertz CT molecular complexity index is 731. The van der Waals surface area contributed by atoms with Crippen molar-refractivity contribution < 1.29 is 4.42 Å². The van der Waals surface area contributed by atoms with Crippen molar-refractivity contribution >= 4 is 27.2 Å². The second-order valence-electron chi connectivity index (χ2n) is 4.82. The molecule has 104 valence electrons. The lowest BCUT2D eigenvalue weighted by Gasteiger charge is -2.02. The van der Waals surface area contributed by atoms with Gasteiger partial charge in [-0.3, -0.25) is 4.98 Å². The van der Waals surface area contributed by atoms with E-state index in [0.717, 1.165) is 33.9 Å². The molecule has 3 N–H and O–H groups in total. The normalized spacial score (nSPS) is 11.3. The van der Waals surface area contributed by atoms with Crippen molar-refractivity contribution in [3.05, 3.63) is 46.4 Å². The van der Waals surface area contributed by atoms with Gasteiger partial charge in [-0.2, -0.15) is 0 Å². The smallest absolute Gasteiger partial charge is 0.109 e. The van der Waals surface area contributed by atoms with Crippen molar-refractivity contribution in [3.63, 3.8) is 0 Å². The van der Waals surface area contributed by atoms with Gasteiger partial charge in [0.1, 0.15) is 5.76 Å². The minimum absolute atomic E-state index is 0.670. The van der Waals surface area contributed by atoms with Gasteiger partial charge in [0.25, 0.3) is 0 Å². The average molecular weight is 287 g/mol. The molecule has 20 heavy (non-hydrogen) atoms. The van der Waals surface area contributed by atoms with Crippen molar-refractivity contribution in [3.8, 4) is 0 Å². The number of nitrogens with zero attached hydrogens (tertiary/aromatic N) is 1. The Labute approximate surface area is 121 Å². The summed E-state index contributed by atoms with van der Waals surface area (Å²) >= 11 is 1.72. The fraction of sp³-hybridized carbons (Fsp3) is 0.267. The second kappa shape index (κ2) is 5.26. The average Bonchev–Trinajstić information content (AvgIpc) is 3.02. The minimum Gasteiger partial charge on any atom is -0.469 e. The van der Waals surface area contributed by atoms with Gasteiger partial charge >= 0.3 is 0 Å². The van der Waals surface area contributed by atoms with Crippen LogP contribution in [0.3, 0.4) is 0 Å². The molecule has 0 amide bonds. The van der Waals surface area contributed by atoms with Gasteiger partial charge in [0.2, 0.25) is 0 Å². The maximum absolute atomic E-state index is 6.18. The van der Waals surface area contributed by atoms with Gasteiger partial charge in [0, 0.05) is 17.8 Å². The molecule has 0 atom stereocenters. The van der Waals surface area contributed by atoms with Crippen LogP contribution < -0.4 is 11.1 Å². The monoisotopic (exact) mass is 287 g/mol. The van der Waals surface area contributed by atoms with E-state index in [1.165, 1.54) is 10.4 Å². The summed E-state index contributed by atoms with van der Waals surface area (Å²) in [5.41, 5.74) is 10.2. The molecule has 3 aromatic heterocycles. The molecular weight excluding hydrogens is 270 g/mol. The summed E-state index contributed by atoms with van der Waals surface area (Å²) in [6.07, 6.45) is 2.35. The van der Waals surface area contributed by atoms with Crippen molar-refractivity contribution in [1.29, 1.82) is 0 Å². The first kappa shape index (κ1) is 13.1. The fourth-order valence-electron chi connectivity index (χ4n) is 2.31. The van der Waals surface area contributed by atoms with E-state index in [2.05, 4.69) is 12.2 Å². The van der Waals surface area contributed by atoms with Gasteiger partial charge in [-0.15, -0.1) is 11.3 Å². The Morgan fingerprint density at radius 2 is 2.30 bits per heavy atom. The number of fused-ring (bicyclic) bond motifs is 1. The number of nitrogens with two attached hydrogens (primary N) is 1. The second-order valence-corrected chi connectivity index (χ2v) is 5.92. The molecule has 0 fully saturated rings. The first-order chi connectivity index (χ1) is 9.69. The summed E-state index contributed by atoms with van der Waals surface area (Å²) in [5.74, 6) is 0.902. The standard InChI is InChI=1S/C15H17N3OS/c1-9-13(8-17-2)20-15-12(16)7-10(18-14(9)15)6-11-4-3-5-19-11/h3-5,7,17H,6,8H2,1-2H3,(H2,16,18). The van der Waals surface area contributed by atoms with Gasteiger partial charge in [-0.1, -0.05) is 0 Å². The molecule has 0 bridgehead atoms. The lowest BCUT2D eigenvalue weighted by molar-refractivity contribution is 0.519. The zero-order valence-electron chi connectivity index (χ0n) is 11.6. The first-order valence-electron chi connectivity index (χ1n) is 6.53. The molecule has 0 spiro atoms. The van der Waals surface area contributed by atoms with E-state index in [1.807, 2.05) is 25.2 Å². The highest BCUT2D eigenvalue weighted by Gasteiger charge is 2.13. The number of pyridine rings is 1. The van der Waals surface area contributed by atoms with E-state index in [-0.39, 0.29) is 0 Å². The Hall–Kier alpha value is -1.85. The van der Waals surface area contributed by atoms with Gasteiger partial charge < -0.3 is 15.5 Å². The molecule has 3 rings (SSSR count). The number of aromatic nitrogens is 1. The molecule has 0 aliphatic carbocycles. The molecule has 0 aromatic carbocycles. The fourth-order valence-corrected chi connectivity index (χ4v) is 3.50. The van der Waals surface area contributed by atoms with Crippen LogP contribution in [0.15, 0.2) is 28.9 Å². The van der Waals surface area contributed by atoms with E-state index >= 15 is 0 Å². The van der Waals surface area contributed by atoms with E-state index in [1.54, 1.807) is 17.6 Å². The topological polar surface area (TPSA) is 64.1 Å². The Morgan fingerprint density at radius 1 is 1.45 bits per heavy atom. The number of anilines is 1. The highest BCUT2D eigenvalue weighted by atomic mass is 32.1. The summed E-state index contributed by atoms with van der Waals surface area (Å²) in [4.78, 5) is 6.04. The molecule has 0 saturated carbocycles. The van der Waals surface area contributed by atoms with Crippen molar-refractivity contribution in [1.82, 2.24) is 10.3 Å². The van der Waals surface area contributed by atoms with Crippen molar-refractivity contribution in [2.24, 2.45) is 0 Å². The molecule has 0 saturated heterocycles. The number of furan rings is 1. The molecule has 0 aliphatic heterocycles. The van der Waals surface area contributed by atoms with Gasteiger partial charge in [-0.25, -0.2) is 0 Å². The molecular formula is C15H17N3OS. The number of hydrogen-bond donors (Lipinski definition) is 2. The third-order valence-electron chi connectivity index (χ3n) is 3.33. The zero-order valence-corrected chi connectivity index (χ0v) is 12.4. The number of nitrogen functional groups attached to an aromatic ring is 1. The van der Waals surface area contributed by atoms with E-state index < -0.39 is 0 Å². The maximum Gasteiger partial charge on any atom is 0.109 e. The largest absolute Gasteiger partial charge is 0.469 e. The number of rotatable bonds is 4. The lowest BCUT2D eigenvalue weighted by Crippen LogP contribution is -2.04. The Balaban J connectivity index is 2.06. The highest BCUT2D eigenvalue weighted by molar-refractivity contribution is 7.19. The van der Waals surface area contributed by atoms with E-state index in [0.29, 0.717) is 6.42 Å². The van der Waals surface area contributed by atoms with Crippen LogP contribution >= 0.6 is 11.3 Å². The predicted octanol–water partition coefficient (Wildman–Crippen LogP) is 3.09. The van der Waals surface area contributed by atoms with Crippen molar-refractivity contribution in [2.75, 3.05) is 12.8 Å². The predicted molar refractivity (Wildman–Crippen MR) is 83.0 cm³/mol. The van der Waals surface area contributed by atoms with Crippen LogP contribution in [-0.4, -0.2) is 12.0 Å². The summed E-state index contributed by atoms with van der Waals surface area (Å²) in [6.45, 7) is 2.95. The maximum atomic E-state index is 6.18. The van der Waals surface area contributed by atoms with Gasteiger partial charge in [0.05, 0.1) is 27.9 Å². The van der Waals surface area contributed by atoms with E-state index in [4.69, 9.17) is 15.1 Å². The summed E-state index contributed by atoms with van der Waals surface area (Å²) in [6, 6.07) is 5.79. The van der Waals surface area contributed by atoms with Crippen LogP contribution in [0.25, 0.3) is 10.2 Å². The van der Waals surface area contributed by atoms with Crippen LogP contribution in [0.5, 0.6) is 0 Å². The van der Waals surface area contributed by atoms with Crippen LogP contribution in [0.1, 0.15) is 21.9 Å². The quantitative estimate of drug-likeness (QED) is 0.774. The van der Waals surface area contributed by atoms with Crippen LogP contribution in [0, 0.1) is 6.92 Å². The summed E-state index contributed by atoms with van der Waals surface area (Å²) < 4.78 is 6.45. The number of nitrogens with one attached hydrogen (secondary N) is 1. The first-order valence-corrected chi connectivity index (χ1v) is 7.35. The molecule has 0 unspecified atom stereocenters.